The second-order valence-electron chi connectivity index (χ2n) is 5.64. The quantitative estimate of drug-likeness (QED) is 0.684. The van der Waals surface area contributed by atoms with Gasteiger partial charge in [-0.05, 0) is 24.7 Å². The van der Waals surface area contributed by atoms with E-state index < -0.39 is 8.56 Å². The van der Waals surface area contributed by atoms with Gasteiger partial charge in [0.15, 0.2) is 0 Å². The van der Waals surface area contributed by atoms with Crippen LogP contribution in [0.15, 0.2) is 0 Å². The van der Waals surface area contributed by atoms with Crippen molar-refractivity contribution in [2.75, 3.05) is 14.2 Å². The van der Waals surface area contributed by atoms with Crippen LogP contribution in [0.3, 0.4) is 0 Å². The lowest BCUT2D eigenvalue weighted by Gasteiger charge is -2.53. The SMILES string of the molecule is CCC1CCC1[Si](OC)(OC)C1CCC1C. The molecule has 3 heteroatoms. The molecule has 94 valence electrons. The van der Waals surface area contributed by atoms with E-state index in [9.17, 15) is 0 Å². The summed E-state index contributed by atoms with van der Waals surface area (Å²) in [6.45, 7) is 4.68. The lowest BCUT2D eigenvalue weighted by molar-refractivity contribution is 0.131. The van der Waals surface area contributed by atoms with E-state index >= 15 is 0 Å². The fourth-order valence-electron chi connectivity index (χ4n) is 3.82. The van der Waals surface area contributed by atoms with E-state index in [4.69, 9.17) is 8.85 Å². The second kappa shape index (κ2) is 4.79. The molecule has 4 unspecified atom stereocenters. The van der Waals surface area contributed by atoms with Crippen molar-refractivity contribution < 1.29 is 8.85 Å². The van der Waals surface area contributed by atoms with Gasteiger partial charge in [-0.1, -0.05) is 33.1 Å². The van der Waals surface area contributed by atoms with Crippen LogP contribution < -0.4 is 0 Å². The van der Waals surface area contributed by atoms with Crippen LogP contribution in [0, 0.1) is 11.8 Å². The molecule has 0 N–H and O–H groups in total. The van der Waals surface area contributed by atoms with Crippen molar-refractivity contribution in [1.82, 2.24) is 0 Å². The van der Waals surface area contributed by atoms with E-state index in [-0.39, 0.29) is 0 Å². The van der Waals surface area contributed by atoms with Gasteiger partial charge in [-0.2, -0.15) is 0 Å². The van der Waals surface area contributed by atoms with E-state index in [1.807, 2.05) is 14.2 Å². The molecule has 2 nitrogen and oxygen atoms in total. The van der Waals surface area contributed by atoms with Crippen molar-refractivity contribution in [2.24, 2.45) is 11.8 Å². The molecule has 2 saturated carbocycles. The Kier molecular flexibility index (Phi) is 3.77. The van der Waals surface area contributed by atoms with Gasteiger partial charge in [0.1, 0.15) is 0 Å². The fourth-order valence-corrected chi connectivity index (χ4v) is 8.90. The Morgan fingerprint density at radius 1 is 1.00 bits per heavy atom. The van der Waals surface area contributed by atoms with Gasteiger partial charge in [-0.3, -0.25) is 0 Å². The molecule has 0 aromatic rings. The van der Waals surface area contributed by atoms with Gasteiger partial charge in [-0.15, -0.1) is 0 Å². The smallest absolute Gasteiger partial charge is 0.344 e. The molecular weight excluding hydrogens is 216 g/mol. The molecule has 0 aromatic carbocycles. The van der Waals surface area contributed by atoms with Gasteiger partial charge in [0.2, 0.25) is 0 Å². The van der Waals surface area contributed by atoms with Crippen LogP contribution in [0.1, 0.15) is 46.0 Å². The van der Waals surface area contributed by atoms with E-state index in [0.29, 0.717) is 0 Å². The van der Waals surface area contributed by atoms with Crippen molar-refractivity contribution in [2.45, 2.75) is 57.0 Å². The van der Waals surface area contributed by atoms with Crippen molar-refractivity contribution in [3.8, 4) is 0 Å². The third kappa shape index (κ3) is 1.68. The molecule has 2 aliphatic rings. The predicted octanol–water partition coefficient (Wildman–Crippen LogP) is 3.71. The molecule has 2 aliphatic carbocycles. The van der Waals surface area contributed by atoms with Crippen molar-refractivity contribution >= 4 is 8.56 Å². The third-order valence-electron chi connectivity index (χ3n) is 5.23. The average molecular weight is 242 g/mol. The molecule has 2 rings (SSSR count). The standard InChI is InChI=1S/C13H26O2Si/c1-5-11-7-9-13(11)16(14-3,15-4)12-8-6-10(12)2/h10-13H,5-9H2,1-4H3. The number of rotatable bonds is 5. The van der Waals surface area contributed by atoms with Crippen LogP contribution in [-0.4, -0.2) is 22.8 Å². The third-order valence-corrected chi connectivity index (χ3v) is 10.2. The Balaban J connectivity index is 2.14. The molecule has 16 heavy (non-hydrogen) atoms. The maximum atomic E-state index is 6.01. The fraction of sp³-hybridized carbons (Fsp3) is 1.00. The van der Waals surface area contributed by atoms with E-state index in [1.54, 1.807) is 0 Å². The maximum absolute atomic E-state index is 6.01. The zero-order chi connectivity index (χ0) is 11.8. The molecule has 4 atom stereocenters. The van der Waals surface area contributed by atoms with Gasteiger partial charge in [-0.25, -0.2) is 0 Å². The van der Waals surface area contributed by atoms with Crippen LogP contribution >= 0.6 is 0 Å². The minimum absolute atomic E-state index is 0.752. The van der Waals surface area contributed by atoms with Crippen LogP contribution in [0.2, 0.25) is 11.1 Å². The van der Waals surface area contributed by atoms with Crippen molar-refractivity contribution in [3.63, 3.8) is 0 Å². The Morgan fingerprint density at radius 3 is 1.88 bits per heavy atom. The molecule has 0 bridgehead atoms. The maximum Gasteiger partial charge on any atom is 0.344 e. The lowest BCUT2D eigenvalue weighted by Crippen LogP contribution is -2.58. The van der Waals surface area contributed by atoms with Crippen molar-refractivity contribution in [3.05, 3.63) is 0 Å². The zero-order valence-electron chi connectivity index (χ0n) is 11.2. The van der Waals surface area contributed by atoms with Crippen LogP contribution in [0.4, 0.5) is 0 Å². The van der Waals surface area contributed by atoms with E-state index in [1.165, 1.54) is 32.1 Å². The summed E-state index contributed by atoms with van der Waals surface area (Å²) in [5, 5.41) is 0. The summed E-state index contributed by atoms with van der Waals surface area (Å²) in [6, 6.07) is 0. The summed E-state index contributed by atoms with van der Waals surface area (Å²) in [4.78, 5) is 0. The molecule has 0 spiro atoms. The first-order chi connectivity index (χ1) is 7.69. The highest BCUT2D eigenvalue weighted by atomic mass is 28.4. The summed E-state index contributed by atoms with van der Waals surface area (Å²) in [5.41, 5.74) is 1.52. The highest BCUT2D eigenvalue weighted by Crippen LogP contribution is 2.58. The van der Waals surface area contributed by atoms with Crippen molar-refractivity contribution in [1.29, 1.82) is 0 Å². The molecule has 0 heterocycles. The van der Waals surface area contributed by atoms with E-state index in [2.05, 4.69) is 13.8 Å². The highest BCUT2D eigenvalue weighted by Gasteiger charge is 2.59. The van der Waals surface area contributed by atoms with Gasteiger partial charge in [0, 0.05) is 25.3 Å². The zero-order valence-corrected chi connectivity index (χ0v) is 12.2. The van der Waals surface area contributed by atoms with Crippen LogP contribution in [-0.2, 0) is 8.85 Å². The molecular formula is C13H26O2Si. The van der Waals surface area contributed by atoms with Gasteiger partial charge in [0.05, 0.1) is 0 Å². The lowest BCUT2D eigenvalue weighted by atomic mass is 9.82. The highest BCUT2D eigenvalue weighted by molar-refractivity contribution is 6.71. The molecule has 0 aliphatic heterocycles. The van der Waals surface area contributed by atoms with Gasteiger partial charge >= 0.3 is 8.56 Å². The van der Waals surface area contributed by atoms with E-state index in [0.717, 1.165) is 22.9 Å². The topological polar surface area (TPSA) is 18.5 Å². The van der Waals surface area contributed by atoms with Gasteiger partial charge < -0.3 is 8.85 Å². The summed E-state index contributed by atoms with van der Waals surface area (Å²) in [7, 11) is 1.87. The number of hydrogen-bond acceptors (Lipinski definition) is 2. The van der Waals surface area contributed by atoms with Crippen LogP contribution in [0.5, 0.6) is 0 Å². The predicted molar refractivity (Wildman–Crippen MR) is 68.7 cm³/mol. The minimum atomic E-state index is -1.92. The first kappa shape index (κ1) is 12.6. The largest absolute Gasteiger partial charge is 0.397 e. The Bertz CT molecular complexity index is 238. The monoisotopic (exact) mass is 242 g/mol. The molecule has 0 radical (unpaired) electrons. The molecule has 0 saturated heterocycles. The summed E-state index contributed by atoms with van der Waals surface area (Å²) in [5.74, 6) is 1.70. The second-order valence-corrected chi connectivity index (χ2v) is 9.39. The Morgan fingerprint density at radius 2 is 1.62 bits per heavy atom. The normalized spacial score (nSPS) is 39.0. The summed E-state index contributed by atoms with van der Waals surface area (Å²) >= 11 is 0. The Hall–Kier alpha value is 0.137. The first-order valence-corrected chi connectivity index (χ1v) is 8.77. The molecule has 0 aromatic heterocycles. The van der Waals surface area contributed by atoms with Gasteiger partial charge in [0.25, 0.3) is 0 Å². The molecule has 2 fully saturated rings. The Labute approximate surface area is 101 Å². The molecule has 0 amide bonds. The summed E-state index contributed by atoms with van der Waals surface area (Å²) in [6.07, 6.45) is 6.74. The number of hydrogen-bond donors (Lipinski definition) is 0. The minimum Gasteiger partial charge on any atom is -0.397 e. The average Bonchev–Trinajstić information content (AvgIpc) is 2.24. The summed E-state index contributed by atoms with van der Waals surface area (Å²) < 4.78 is 12.0. The first-order valence-electron chi connectivity index (χ1n) is 6.79. The van der Waals surface area contributed by atoms with Crippen LogP contribution in [0.25, 0.3) is 0 Å².